The summed E-state index contributed by atoms with van der Waals surface area (Å²) in [6, 6.07) is 0. The van der Waals surface area contributed by atoms with Crippen molar-refractivity contribution >= 4 is 6.29 Å². The van der Waals surface area contributed by atoms with Gasteiger partial charge < -0.3 is 4.79 Å². The zero-order chi connectivity index (χ0) is 8.98. The van der Waals surface area contributed by atoms with Crippen LogP contribution in [-0.2, 0) is 4.79 Å². The highest BCUT2D eigenvalue weighted by molar-refractivity contribution is 5.57. The van der Waals surface area contributed by atoms with Crippen molar-refractivity contribution < 1.29 is 4.79 Å². The third kappa shape index (κ3) is 0.681. The highest BCUT2D eigenvalue weighted by atomic mass is 16.1. The number of hydrogen-bond donors (Lipinski definition) is 0. The molecule has 0 aromatic rings. The highest BCUT2D eigenvalue weighted by Crippen LogP contribution is 2.67. The lowest BCUT2D eigenvalue weighted by molar-refractivity contribution is -0.115. The predicted molar refractivity (Wildman–Crippen MR) is 48.8 cm³/mol. The maximum absolute atomic E-state index is 10.9. The summed E-state index contributed by atoms with van der Waals surface area (Å²) in [5, 5.41) is 0. The molecule has 0 heterocycles. The van der Waals surface area contributed by atoms with Gasteiger partial charge in [-0.15, -0.1) is 0 Å². The lowest BCUT2D eigenvalue weighted by Gasteiger charge is -2.37. The molecule has 0 radical (unpaired) electrons. The first-order valence-corrected chi connectivity index (χ1v) is 4.97. The molecule has 2 bridgehead atoms. The molecule has 68 valence electrons. The van der Waals surface area contributed by atoms with Crippen molar-refractivity contribution in [2.75, 3.05) is 0 Å². The fourth-order valence-corrected chi connectivity index (χ4v) is 3.47. The van der Waals surface area contributed by atoms with E-state index in [1.807, 2.05) is 0 Å². The second-order valence-corrected chi connectivity index (χ2v) is 5.35. The number of rotatable bonds is 1. The second-order valence-electron chi connectivity index (χ2n) is 5.35. The number of hydrogen-bond acceptors (Lipinski definition) is 1. The molecule has 0 aliphatic heterocycles. The van der Waals surface area contributed by atoms with Crippen molar-refractivity contribution in [1.82, 2.24) is 0 Å². The first kappa shape index (κ1) is 8.28. The average molecular weight is 166 g/mol. The van der Waals surface area contributed by atoms with Crippen molar-refractivity contribution in [3.8, 4) is 0 Å². The summed E-state index contributed by atoms with van der Waals surface area (Å²) in [5.41, 5.74) is 0.706. The van der Waals surface area contributed by atoms with Gasteiger partial charge in [0, 0.05) is 5.92 Å². The summed E-state index contributed by atoms with van der Waals surface area (Å²) in [4.78, 5) is 10.9. The van der Waals surface area contributed by atoms with Gasteiger partial charge in [0.15, 0.2) is 0 Å². The van der Waals surface area contributed by atoms with Crippen molar-refractivity contribution in [2.45, 2.75) is 40.0 Å². The Bertz CT molecular complexity index is 219. The van der Waals surface area contributed by atoms with E-state index < -0.39 is 0 Å². The van der Waals surface area contributed by atoms with E-state index >= 15 is 0 Å². The van der Waals surface area contributed by atoms with Crippen LogP contribution in [0.2, 0.25) is 0 Å². The largest absolute Gasteiger partial charge is 0.303 e. The summed E-state index contributed by atoms with van der Waals surface area (Å²) >= 11 is 0. The van der Waals surface area contributed by atoms with Gasteiger partial charge in [-0.25, -0.2) is 0 Å². The second kappa shape index (κ2) is 2.12. The molecule has 0 amide bonds. The van der Waals surface area contributed by atoms with E-state index in [0.717, 1.165) is 12.3 Å². The van der Waals surface area contributed by atoms with Gasteiger partial charge in [0.1, 0.15) is 6.29 Å². The Morgan fingerprint density at radius 3 is 2.25 bits per heavy atom. The summed E-state index contributed by atoms with van der Waals surface area (Å²) in [6.07, 6.45) is 4.94. The van der Waals surface area contributed by atoms with E-state index in [1.54, 1.807) is 0 Å². The summed E-state index contributed by atoms with van der Waals surface area (Å²) in [6.45, 7) is 6.99. The molecule has 2 aliphatic carbocycles. The molecule has 0 aromatic carbocycles. The minimum atomic E-state index is 0.305. The molecule has 2 saturated carbocycles. The van der Waals surface area contributed by atoms with Gasteiger partial charge in [-0.3, -0.25) is 0 Å². The normalized spacial score (nSPS) is 49.6. The van der Waals surface area contributed by atoms with Crippen LogP contribution in [0, 0.1) is 22.7 Å². The summed E-state index contributed by atoms with van der Waals surface area (Å²) in [7, 11) is 0. The maximum Gasteiger partial charge on any atom is 0.123 e. The third-order valence-electron chi connectivity index (χ3n) is 5.03. The first-order chi connectivity index (χ1) is 5.52. The van der Waals surface area contributed by atoms with Crippen LogP contribution >= 0.6 is 0 Å². The number of aldehydes is 1. The molecular weight excluding hydrogens is 148 g/mol. The Balaban J connectivity index is 2.39. The average Bonchev–Trinajstić information content (AvgIpc) is 2.34. The van der Waals surface area contributed by atoms with E-state index in [1.165, 1.54) is 19.1 Å². The summed E-state index contributed by atoms with van der Waals surface area (Å²) in [5.74, 6) is 1.14. The topological polar surface area (TPSA) is 17.1 Å². The minimum absolute atomic E-state index is 0.305. The molecule has 1 heteroatoms. The Hall–Kier alpha value is -0.330. The number of carbonyl (C=O) groups excluding carboxylic acids is 1. The van der Waals surface area contributed by atoms with Crippen LogP contribution < -0.4 is 0 Å². The lowest BCUT2D eigenvalue weighted by atomic mass is 9.67. The third-order valence-corrected chi connectivity index (χ3v) is 5.03. The van der Waals surface area contributed by atoms with Crippen LogP contribution in [0.5, 0.6) is 0 Å². The molecule has 0 saturated heterocycles. The highest BCUT2D eigenvalue weighted by Gasteiger charge is 2.60. The van der Waals surface area contributed by atoms with Crippen molar-refractivity contribution in [3.05, 3.63) is 0 Å². The molecule has 2 fully saturated rings. The van der Waals surface area contributed by atoms with E-state index in [4.69, 9.17) is 0 Å². The predicted octanol–water partition coefficient (Wildman–Crippen LogP) is 2.65. The molecule has 0 N–H and O–H groups in total. The van der Waals surface area contributed by atoms with Crippen molar-refractivity contribution in [2.24, 2.45) is 22.7 Å². The van der Waals surface area contributed by atoms with Gasteiger partial charge in [0.05, 0.1) is 0 Å². The number of fused-ring (bicyclic) bond motifs is 2. The van der Waals surface area contributed by atoms with E-state index in [0.29, 0.717) is 16.7 Å². The fraction of sp³-hybridized carbons (Fsp3) is 0.909. The SMILES string of the molecule is CC1(C)C2CCC1(C)C(C=O)C2. The Morgan fingerprint density at radius 2 is 2.00 bits per heavy atom. The van der Waals surface area contributed by atoms with Gasteiger partial charge in [-0.05, 0) is 36.0 Å². The van der Waals surface area contributed by atoms with E-state index in [-0.39, 0.29) is 0 Å². The van der Waals surface area contributed by atoms with Crippen LogP contribution in [0.25, 0.3) is 0 Å². The molecule has 0 spiro atoms. The molecule has 3 atom stereocenters. The fourth-order valence-electron chi connectivity index (χ4n) is 3.47. The van der Waals surface area contributed by atoms with Crippen LogP contribution in [0.15, 0.2) is 0 Å². The van der Waals surface area contributed by atoms with Gasteiger partial charge >= 0.3 is 0 Å². The summed E-state index contributed by atoms with van der Waals surface area (Å²) < 4.78 is 0. The Morgan fingerprint density at radius 1 is 1.33 bits per heavy atom. The Kier molecular flexibility index (Phi) is 1.47. The van der Waals surface area contributed by atoms with Crippen LogP contribution in [0.3, 0.4) is 0 Å². The molecule has 2 rings (SSSR count). The number of carbonyl (C=O) groups is 1. The van der Waals surface area contributed by atoms with Gasteiger partial charge in [0.25, 0.3) is 0 Å². The molecule has 3 unspecified atom stereocenters. The maximum atomic E-state index is 10.9. The Labute approximate surface area is 74.5 Å². The van der Waals surface area contributed by atoms with Crippen molar-refractivity contribution in [1.29, 1.82) is 0 Å². The quantitative estimate of drug-likeness (QED) is 0.547. The minimum Gasteiger partial charge on any atom is -0.303 e. The van der Waals surface area contributed by atoms with Gasteiger partial charge in [-0.1, -0.05) is 20.8 Å². The lowest BCUT2D eigenvalue weighted by Crippen LogP contribution is -2.32. The monoisotopic (exact) mass is 166 g/mol. The molecule has 12 heavy (non-hydrogen) atoms. The molecule has 0 aromatic heterocycles. The first-order valence-electron chi connectivity index (χ1n) is 4.97. The van der Waals surface area contributed by atoms with Crippen molar-refractivity contribution in [3.63, 3.8) is 0 Å². The molecule has 1 nitrogen and oxygen atoms in total. The van der Waals surface area contributed by atoms with Crippen LogP contribution in [-0.4, -0.2) is 6.29 Å². The smallest absolute Gasteiger partial charge is 0.123 e. The zero-order valence-corrected chi connectivity index (χ0v) is 8.26. The van der Waals surface area contributed by atoms with E-state index in [2.05, 4.69) is 20.8 Å². The van der Waals surface area contributed by atoms with Crippen LogP contribution in [0.1, 0.15) is 40.0 Å². The van der Waals surface area contributed by atoms with Gasteiger partial charge in [-0.2, -0.15) is 0 Å². The molecular formula is C11H18O. The van der Waals surface area contributed by atoms with Gasteiger partial charge in [0.2, 0.25) is 0 Å². The molecule has 2 aliphatic rings. The zero-order valence-electron chi connectivity index (χ0n) is 8.26. The van der Waals surface area contributed by atoms with E-state index in [9.17, 15) is 4.79 Å². The van der Waals surface area contributed by atoms with Crippen LogP contribution in [0.4, 0.5) is 0 Å². The standard InChI is InChI=1S/C11H18O/c1-10(2)8-4-5-11(10,3)9(6-8)7-12/h7-9H,4-6H2,1-3H3.